The lowest BCUT2D eigenvalue weighted by Crippen LogP contribution is -2.31. The molecule has 8 heteroatoms. The molecule has 2 aromatic heterocycles. The zero-order chi connectivity index (χ0) is 26.9. The Morgan fingerprint density at radius 1 is 0.846 bits per heavy atom. The summed E-state index contributed by atoms with van der Waals surface area (Å²) in [5, 5.41) is 28.0. The number of aromatic hydroxyl groups is 2. The second kappa shape index (κ2) is 11.0. The van der Waals surface area contributed by atoms with Gasteiger partial charge in [0.2, 0.25) is 0 Å². The molecule has 39 heavy (non-hydrogen) atoms. The van der Waals surface area contributed by atoms with Gasteiger partial charge in [-0.25, -0.2) is 4.98 Å². The SMILES string of the molecule is CCc1cc(-c2nn(CN3CCCCC3)cc2-c2nc3ccccc3n2C)c(O)c(CN2CCCCC2)c1O. The van der Waals surface area contributed by atoms with Crippen LogP contribution in [-0.2, 0) is 26.7 Å². The molecule has 2 saturated heterocycles. The van der Waals surface area contributed by atoms with E-state index in [-0.39, 0.29) is 11.5 Å². The van der Waals surface area contributed by atoms with Gasteiger partial charge in [-0.1, -0.05) is 31.9 Å². The molecular weight excluding hydrogens is 488 g/mol. The molecular formula is C31H40N6O2. The fraction of sp³-hybridized carbons (Fsp3) is 0.484. The number of phenols is 2. The van der Waals surface area contributed by atoms with Crippen molar-refractivity contribution in [3.05, 3.63) is 47.7 Å². The number of likely N-dealkylation sites (tertiary alicyclic amines) is 2. The summed E-state index contributed by atoms with van der Waals surface area (Å²) in [6.07, 6.45) is 10.0. The number of nitrogens with zero attached hydrogens (tertiary/aromatic N) is 6. The van der Waals surface area contributed by atoms with Gasteiger partial charge in [-0.2, -0.15) is 5.10 Å². The molecule has 2 fully saturated rings. The fourth-order valence-corrected chi connectivity index (χ4v) is 6.27. The number of benzene rings is 2. The van der Waals surface area contributed by atoms with Crippen LogP contribution in [0.2, 0.25) is 0 Å². The number of rotatable bonds is 7. The molecule has 0 unspecified atom stereocenters. The predicted octanol–water partition coefficient (Wildman–Crippen LogP) is 5.51. The van der Waals surface area contributed by atoms with E-state index in [1.807, 2.05) is 42.9 Å². The molecule has 2 aliphatic heterocycles. The maximum absolute atomic E-state index is 11.7. The molecule has 6 rings (SSSR count). The lowest BCUT2D eigenvalue weighted by atomic mass is 9.96. The Morgan fingerprint density at radius 2 is 1.54 bits per heavy atom. The van der Waals surface area contributed by atoms with Gasteiger partial charge in [-0.05, 0) is 82.0 Å². The number of aryl methyl sites for hydroxylation is 2. The number of phenolic OH excluding ortho intramolecular Hbond substituents is 2. The van der Waals surface area contributed by atoms with Crippen LogP contribution in [0.3, 0.4) is 0 Å². The van der Waals surface area contributed by atoms with E-state index in [0.29, 0.717) is 36.5 Å². The van der Waals surface area contributed by atoms with E-state index in [0.717, 1.165) is 67.0 Å². The van der Waals surface area contributed by atoms with Crippen LogP contribution in [0, 0.1) is 0 Å². The minimum atomic E-state index is 0.124. The quantitative estimate of drug-likeness (QED) is 0.329. The third-order valence-corrected chi connectivity index (χ3v) is 8.50. The van der Waals surface area contributed by atoms with E-state index in [4.69, 9.17) is 10.1 Å². The maximum atomic E-state index is 11.7. The van der Waals surface area contributed by atoms with Crippen molar-refractivity contribution >= 4 is 11.0 Å². The lowest BCUT2D eigenvalue weighted by Gasteiger charge is -2.27. The lowest BCUT2D eigenvalue weighted by molar-refractivity contribution is 0.174. The van der Waals surface area contributed by atoms with Gasteiger partial charge in [-0.3, -0.25) is 14.5 Å². The van der Waals surface area contributed by atoms with Crippen molar-refractivity contribution in [2.24, 2.45) is 7.05 Å². The van der Waals surface area contributed by atoms with Crippen molar-refractivity contribution in [1.29, 1.82) is 0 Å². The van der Waals surface area contributed by atoms with Crippen LogP contribution in [0.5, 0.6) is 11.5 Å². The number of para-hydroxylation sites is 2. The highest BCUT2D eigenvalue weighted by Gasteiger charge is 2.26. The second-order valence-corrected chi connectivity index (χ2v) is 11.2. The van der Waals surface area contributed by atoms with E-state index in [1.165, 1.54) is 25.7 Å². The summed E-state index contributed by atoms with van der Waals surface area (Å²) in [5.74, 6) is 1.15. The molecule has 4 heterocycles. The molecule has 206 valence electrons. The van der Waals surface area contributed by atoms with Crippen LogP contribution in [-0.4, -0.2) is 65.5 Å². The van der Waals surface area contributed by atoms with Crippen molar-refractivity contribution in [3.63, 3.8) is 0 Å². The summed E-state index contributed by atoms with van der Waals surface area (Å²) < 4.78 is 4.10. The molecule has 2 aliphatic rings. The fourth-order valence-electron chi connectivity index (χ4n) is 6.27. The number of hydrogen-bond acceptors (Lipinski definition) is 6. The highest BCUT2D eigenvalue weighted by molar-refractivity contribution is 5.87. The van der Waals surface area contributed by atoms with Crippen molar-refractivity contribution in [1.82, 2.24) is 29.1 Å². The van der Waals surface area contributed by atoms with Gasteiger partial charge in [0.1, 0.15) is 23.0 Å². The summed E-state index contributed by atoms with van der Waals surface area (Å²) in [7, 11) is 2.03. The monoisotopic (exact) mass is 528 g/mol. The van der Waals surface area contributed by atoms with Crippen molar-refractivity contribution in [2.75, 3.05) is 26.2 Å². The smallest absolute Gasteiger partial charge is 0.144 e. The summed E-state index contributed by atoms with van der Waals surface area (Å²) in [6, 6.07) is 10.1. The molecule has 0 saturated carbocycles. The average Bonchev–Trinajstić information content (AvgIpc) is 3.53. The third-order valence-electron chi connectivity index (χ3n) is 8.50. The van der Waals surface area contributed by atoms with Crippen LogP contribution in [0.4, 0.5) is 0 Å². The van der Waals surface area contributed by atoms with Gasteiger partial charge < -0.3 is 14.8 Å². The van der Waals surface area contributed by atoms with Crippen molar-refractivity contribution < 1.29 is 10.2 Å². The zero-order valence-corrected chi connectivity index (χ0v) is 23.2. The highest BCUT2D eigenvalue weighted by atomic mass is 16.3. The van der Waals surface area contributed by atoms with E-state index >= 15 is 0 Å². The summed E-state index contributed by atoms with van der Waals surface area (Å²) in [4.78, 5) is 9.77. The van der Waals surface area contributed by atoms with Crippen LogP contribution in [0.15, 0.2) is 36.5 Å². The average molecular weight is 529 g/mol. The van der Waals surface area contributed by atoms with Crippen LogP contribution >= 0.6 is 0 Å². The Morgan fingerprint density at radius 3 is 2.23 bits per heavy atom. The number of piperidine rings is 2. The molecule has 2 aromatic carbocycles. The number of aromatic nitrogens is 4. The van der Waals surface area contributed by atoms with Gasteiger partial charge in [0.15, 0.2) is 0 Å². The molecule has 0 radical (unpaired) electrons. The molecule has 4 aromatic rings. The Bertz CT molecular complexity index is 1460. The first-order valence-corrected chi connectivity index (χ1v) is 14.5. The number of imidazole rings is 1. The summed E-state index contributed by atoms with van der Waals surface area (Å²) >= 11 is 0. The molecule has 0 amide bonds. The van der Waals surface area contributed by atoms with Crippen molar-refractivity contribution in [3.8, 4) is 34.1 Å². The van der Waals surface area contributed by atoms with Crippen LogP contribution in [0.1, 0.15) is 56.6 Å². The Hall–Kier alpha value is -3.36. The van der Waals surface area contributed by atoms with Gasteiger partial charge >= 0.3 is 0 Å². The van der Waals surface area contributed by atoms with Crippen LogP contribution in [0.25, 0.3) is 33.7 Å². The normalized spacial score (nSPS) is 17.3. The molecule has 0 bridgehead atoms. The topological polar surface area (TPSA) is 82.6 Å². The second-order valence-electron chi connectivity index (χ2n) is 11.2. The Balaban J connectivity index is 1.49. The first-order chi connectivity index (χ1) is 19.0. The van der Waals surface area contributed by atoms with E-state index in [1.54, 1.807) is 0 Å². The molecule has 0 atom stereocenters. The summed E-state index contributed by atoms with van der Waals surface area (Å²) in [6.45, 7) is 7.40. The minimum Gasteiger partial charge on any atom is -0.507 e. The van der Waals surface area contributed by atoms with Gasteiger partial charge in [-0.15, -0.1) is 0 Å². The number of hydrogen-bond donors (Lipinski definition) is 2. The first-order valence-electron chi connectivity index (χ1n) is 14.5. The zero-order valence-electron chi connectivity index (χ0n) is 23.2. The molecule has 0 aliphatic carbocycles. The van der Waals surface area contributed by atoms with E-state index < -0.39 is 0 Å². The molecule has 2 N–H and O–H groups in total. The first kappa shape index (κ1) is 25.9. The van der Waals surface area contributed by atoms with Gasteiger partial charge in [0.25, 0.3) is 0 Å². The number of fused-ring (bicyclic) bond motifs is 1. The van der Waals surface area contributed by atoms with Gasteiger partial charge in [0, 0.05) is 25.4 Å². The standard InChI is InChI=1S/C31H40N6O2/c1-3-22-18-23(30(39)25(29(22)38)19-35-14-8-4-9-15-35)28-24(20-37(33-28)21-36-16-10-5-11-17-36)31-32-26-12-6-7-13-27(26)34(31)2/h6-7,12-13,18,20,38-39H,3-5,8-11,14-17,19,21H2,1-2H3. The van der Waals surface area contributed by atoms with E-state index in [2.05, 4.69) is 26.6 Å². The Kier molecular flexibility index (Phi) is 7.32. The molecule has 8 nitrogen and oxygen atoms in total. The maximum Gasteiger partial charge on any atom is 0.144 e. The summed E-state index contributed by atoms with van der Waals surface area (Å²) in [5.41, 5.74) is 5.67. The van der Waals surface area contributed by atoms with Gasteiger partial charge in [0.05, 0.1) is 28.8 Å². The minimum absolute atomic E-state index is 0.124. The largest absolute Gasteiger partial charge is 0.507 e. The highest BCUT2D eigenvalue weighted by Crippen LogP contribution is 2.43. The van der Waals surface area contributed by atoms with Crippen molar-refractivity contribution in [2.45, 2.75) is 65.1 Å². The third kappa shape index (κ3) is 5.03. The Labute approximate surface area is 230 Å². The van der Waals surface area contributed by atoms with Crippen LogP contribution < -0.4 is 0 Å². The molecule has 0 spiro atoms. The van der Waals surface area contributed by atoms with E-state index in [9.17, 15) is 10.2 Å². The predicted molar refractivity (Wildman–Crippen MR) is 155 cm³/mol.